The summed E-state index contributed by atoms with van der Waals surface area (Å²) in [7, 11) is 0. The molecule has 0 aliphatic rings. The van der Waals surface area contributed by atoms with Crippen LogP contribution in [0.25, 0.3) is 0 Å². The van der Waals surface area contributed by atoms with Gasteiger partial charge in [-0.1, -0.05) is 96.9 Å². The summed E-state index contributed by atoms with van der Waals surface area (Å²) in [6.07, 6.45) is 6.44. The Morgan fingerprint density at radius 2 is 1.18 bits per heavy atom. The van der Waals surface area contributed by atoms with Gasteiger partial charge in [0.2, 0.25) is 0 Å². The second-order valence-electron chi connectivity index (χ2n) is 7.37. The lowest BCUT2D eigenvalue weighted by Gasteiger charge is -2.39. The first-order chi connectivity index (χ1) is 13.6. The first-order valence-electron chi connectivity index (χ1n) is 9.64. The molecular weight excluding hydrogens is 342 g/mol. The van der Waals surface area contributed by atoms with Gasteiger partial charge in [-0.25, -0.2) is 0 Å². The van der Waals surface area contributed by atoms with Gasteiger partial charge >= 0.3 is 0 Å². The van der Waals surface area contributed by atoms with Gasteiger partial charge in [-0.3, -0.25) is 4.90 Å². The first-order valence-corrected chi connectivity index (χ1v) is 9.64. The molecule has 3 aromatic carbocycles. The van der Waals surface area contributed by atoms with Crippen molar-refractivity contribution in [1.29, 1.82) is 0 Å². The van der Waals surface area contributed by atoms with Crippen molar-refractivity contribution in [3.8, 4) is 12.3 Å². The lowest BCUT2D eigenvalue weighted by Crippen LogP contribution is -2.51. The zero-order valence-corrected chi connectivity index (χ0v) is 16.3. The van der Waals surface area contributed by atoms with E-state index in [2.05, 4.69) is 47.2 Å². The van der Waals surface area contributed by atoms with E-state index in [9.17, 15) is 5.11 Å². The molecular formula is C26H27NO. The molecule has 3 aromatic rings. The largest absolute Gasteiger partial charge is 0.376 e. The number of terminal acetylenes is 1. The minimum atomic E-state index is -1.25. The summed E-state index contributed by atoms with van der Waals surface area (Å²) in [5.74, 6) is 2.63. The predicted octanol–water partition coefficient (Wildman–Crippen LogP) is 4.68. The molecule has 1 N–H and O–H groups in total. The first kappa shape index (κ1) is 19.9. The van der Waals surface area contributed by atoms with Crippen LogP contribution >= 0.6 is 0 Å². The van der Waals surface area contributed by atoms with Crippen LogP contribution in [-0.2, 0) is 19.5 Å². The molecule has 0 unspecified atom stereocenters. The molecule has 0 aliphatic carbocycles. The SMILES string of the molecule is C#C[C@](C)(O)[C@H](Cc1ccccc1)N(Cc1ccccc1)Cc1ccccc1. The average Bonchev–Trinajstić information content (AvgIpc) is 2.74. The molecule has 28 heavy (non-hydrogen) atoms. The number of hydrogen-bond donors (Lipinski definition) is 1. The molecule has 142 valence electrons. The van der Waals surface area contributed by atoms with Crippen LogP contribution in [0.5, 0.6) is 0 Å². The van der Waals surface area contributed by atoms with E-state index in [1.54, 1.807) is 6.92 Å². The number of aliphatic hydroxyl groups is 1. The predicted molar refractivity (Wildman–Crippen MR) is 116 cm³/mol. The molecule has 0 amide bonds. The van der Waals surface area contributed by atoms with Crippen LogP contribution < -0.4 is 0 Å². The van der Waals surface area contributed by atoms with Crippen LogP contribution in [0, 0.1) is 12.3 Å². The number of nitrogens with zero attached hydrogens (tertiary/aromatic N) is 1. The van der Waals surface area contributed by atoms with Gasteiger partial charge < -0.3 is 5.11 Å². The highest BCUT2D eigenvalue weighted by Crippen LogP contribution is 2.24. The average molecular weight is 370 g/mol. The van der Waals surface area contributed by atoms with E-state index < -0.39 is 5.60 Å². The molecule has 0 saturated heterocycles. The van der Waals surface area contributed by atoms with Crippen LogP contribution in [-0.4, -0.2) is 21.6 Å². The smallest absolute Gasteiger partial charge is 0.138 e. The Bertz CT molecular complexity index is 840. The Labute approximate surface area is 168 Å². The van der Waals surface area contributed by atoms with E-state index in [0.29, 0.717) is 19.5 Å². The molecule has 0 heterocycles. The van der Waals surface area contributed by atoms with Crippen molar-refractivity contribution >= 4 is 0 Å². The minimum absolute atomic E-state index is 0.222. The molecule has 2 heteroatoms. The molecule has 0 aromatic heterocycles. The standard InChI is InChI=1S/C26H27NO/c1-3-26(2,28)25(19-22-13-7-4-8-14-22)27(20-23-15-9-5-10-16-23)21-24-17-11-6-12-18-24/h1,4-18,25,28H,19-21H2,2H3/t25-,26-/m0/s1. The van der Waals surface area contributed by atoms with E-state index in [4.69, 9.17) is 6.42 Å². The van der Waals surface area contributed by atoms with E-state index in [1.165, 1.54) is 11.1 Å². The molecule has 0 aliphatic heterocycles. The zero-order valence-electron chi connectivity index (χ0n) is 16.3. The summed E-state index contributed by atoms with van der Waals surface area (Å²) in [4.78, 5) is 2.29. The summed E-state index contributed by atoms with van der Waals surface area (Å²) in [6, 6.07) is 30.7. The fourth-order valence-corrected chi connectivity index (χ4v) is 3.53. The fourth-order valence-electron chi connectivity index (χ4n) is 3.53. The topological polar surface area (TPSA) is 23.5 Å². The number of benzene rings is 3. The Hall–Kier alpha value is -2.86. The summed E-state index contributed by atoms with van der Waals surface area (Å²) in [5, 5.41) is 11.1. The van der Waals surface area contributed by atoms with Gasteiger partial charge in [0.25, 0.3) is 0 Å². The molecule has 0 fully saturated rings. The van der Waals surface area contributed by atoms with Gasteiger partial charge in [0, 0.05) is 13.1 Å². The molecule has 3 rings (SSSR count). The molecule has 0 radical (unpaired) electrons. The fraction of sp³-hybridized carbons (Fsp3) is 0.231. The normalized spacial score (nSPS) is 14.2. The zero-order chi connectivity index (χ0) is 19.8. The van der Waals surface area contributed by atoms with Crippen molar-refractivity contribution < 1.29 is 5.11 Å². The highest BCUT2D eigenvalue weighted by atomic mass is 16.3. The van der Waals surface area contributed by atoms with Crippen molar-refractivity contribution in [2.45, 2.75) is 38.1 Å². The van der Waals surface area contributed by atoms with Crippen molar-refractivity contribution in [1.82, 2.24) is 4.90 Å². The summed E-state index contributed by atoms with van der Waals surface area (Å²) < 4.78 is 0. The number of hydrogen-bond acceptors (Lipinski definition) is 2. The molecule has 2 atom stereocenters. The third kappa shape index (κ3) is 5.33. The Balaban J connectivity index is 1.95. The van der Waals surface area contributed by atoms with Crippen molar-refractivity contribution in [2.75, 3.05) is 0 Å². The summed E-state index contributed by atoms with van der Waals surface area (Å²) in [6.45, 7) is 3.17. The maximum atomic E-state index is 11.1. The highest BCUT2D eigenvalue weighted by Gasteiger charge is 2.35. The van der Waals surface area contributed by atoms with E-state index in [1.807, 2.05) is 54.6 Å². The van der Waals surface area contributed by atoms with Crippen LogP contribution in [0.3, 0.4) is 0 Å². The van der Waals surface area contributed by atoms with Gasteiger partial charge in [-0.15, -0.1) is 6.42 Å². The third-order valence-corrected chi connectivity index (χ3v) is 5.11. The summed E-state index contributed by atoms with van der Waals surface area (Å²) in [5.41, 5.74) is 2.31. The van der Waals surface area contributed by atoms with Gasteiger partial charge in [-0.05, 0) is 30.0 Å². The van der Waals surface area contributed by atoms with Crippen molar-refractivity contribution in [3.63, 3.8) is 0 Å². The van der Waals surface area contributed by atoms with Crippen molar-refractivity contribution in [3.05, 3.63) is 108 Å². The highest BCUT2D eigenvalue weighted by molar-refractivity contribution is 5.23. The van der Waals surface area contributed by atoms with Gasteiger partial charge in [0.15, 0.2) is 0 Å². The van der Waals surface area contributed by atoms with Gasteiger partial charge in [0.05, 0.1) is 6.04 Å². The molecule has 0 bridgehead atoms. The number of rotatable bonds is 8. The Morgan fingerprint density at radius 1 is 0.786 bits per heavy atom. The van der Waals surface area contributed by atoms with E-state index in [0.717, 1.165) is 5.56 Å². The molecule has 2 nitrogen and oxygen atoms in total. The van der Waals surface area contributed by atoms with Gasteiger partial charge in [0.1, 0.15) is 5.60 Å². The monoisotopic (exact) mass is 369 g/mol. The lowest BCUT2D eigenvalue weighted by molar-refractivity contribution is 0.00204. The molecule has 0 spiro atoms. The maximum absolute atomic E-state index is 11.1. The Morgan fingerprint density at radius 3 is 1.57 bits per heavy atom. The Kier molecular flexibility index (Phi) is 6.66. The van der Waals surface area contributed by atoms with Crippen LogP contribution in [0.1, 0.15) is 23.6 Å². The quantitative estimate of drug-likeness (QED) is 0.583. The minimum Gasteiger partial charge on any atom is -0.376 e. The van der Waals surface area contributed by atoms with E-state index >= 15 is 0 Å². The van der Waals surface area contributed by atoms with Gasteiger partial charge in [-0.2, -0.15) is 0 Å². The maximum Gasteiger partial charge on any atom is 0.138 e. The third-order valence-electron chi connectivity index (χ3n) is 5.11. The van der Waals surface area contributed by atoms with Crippen LogP contribution in [0.15, 0.2) is 91.0 Å². The van der Waals surface area contributed by atoms with Crippen molar-refractivity contribution in [2.24, 2.45) is 0 Å². The van der Waals surface area contributed by atoms with Crippen LogP contribution in [0.4, 0.5) is 0 Å². The molecule has 0 saturated carbocycles. The summed E-state index contributed by atoms with van der Waals surface area (Å²) >= 11 is 0. The second-order valence-corrected chi connectivity index (χ2v) is 7.37. The van der Waals surface area contributed by atoms with E-state index in [-0.39, 0.29) is 6.04 Å². The second kappa shape index (κ2) is 9.37. The van der Waals surface area contributed by atoms with Crippen LogP contribution in [0.2, 0.25) is 0 Å². The lowest BCUT2D eigenvalue weighted by atomic mass is 9.89.